The summed E-state index contributed by atoms with van der Waals surface area (Å²) in [5.41, 5.74) is 1.49. The second-order valence-corrected chi connectivity index (χ2v) is 8.09. The van der Waals surface area contributed by atoms with Gasteiger partial charge in [0.2, 0.25) is 0 Å². The summed E-state index contributed by atoms with van der Waals surface area (Å²) in [6, 6.07) is 4.18. The van der Waals surface area contributed by atoms with Crippen LogP contribution in [-0.2, 0) is 4.74 Å². The first-order valence-electron chi connectivity index (χ1n) is 8.46. The molecule has 7 heteroatoms. The molecule has 0 aromatic carbocycles. The van der Waals surface area contributed by atoms with Crippen LogP contribution in [0, 0.1) is 0 Å². The van der Waals surface area contributed by atoms with E-state index in [0.29, 0.717) is 13.1 Å². The highest BCUT2D eigenvalue weighted by Crippen LogP contribution is 2.30. The number of rotatable bonds is 2. The quantitative estimate of drug-likeness (QED) is 0.746. The van der Waals surface area contributed by atoms with Gasteiger partial charge in [-0.3, -0.25) is 9.67 Å². The zero-order chi connectivity index (χ0) is 18.0. The molecule has 1 saturated heterocycles. The van der Waals surface area contributed by atoms with E-state index < -0.39 is 5.60 Å². The van der Waals surface area contributed by atoms with Crippen LogP contribution < -0.4 is 0 Å². The molecule has 1 aliphatic rings. The molecule has 1 fully saturated rings. The van der Waals surface area contributed by atoms with Gasteiger partial charge in [0.15, 0.2) is 0 Å². The minimum Gasteiger partial charge on any atom is -0.444 e. The molecule has 0 atom stereocenters. The van der Waals surface area contributed by atoms with Gasteiger partial charge in [-0.2, -0.15) is 5.10 Å². The molecular weight excluding hydrogens is 384 g/mol. The number of halogens is 1. The summed E-state index contributed by atoms with van der Waals surface area (Å²) in [5.74, 6) is 0. The Bertz CT molecular complexity index is 731. The zero-order valence-electron chi connectivity index (χ0n) is 14.8. The van der Waals surface area contributed by atoms with Crippen molar-refractivity contribution in [1.82, 2.24) is 19.7 Å². The van der Waals surface area contributed by atoms with E-state index in [1.807, 2.05) is 43.8 Å². The van der Waals surface area contributed by atoms with Crippen LogP contribution in [0.3, 0.4) is 0 Å². The maximum Gasteiger partial charge on any atom is 0.410 e. The number of carbonyl (C=O) groups excluding carboxylic acids is 1. The van der Waals surface area contributed by atoms with Crippen LogP contribution in [0.4, 0.5) is 4.79 Å². The van der Waals surface area contributed by atoms with Crippen LogP contribution in [0.2, 0.25) is 0 Å². The molecular formula is C18H23BrN4O2. The van der Waals surface area contributed by atoms with Gasteiger partial charge in [0.25, 0.3) is 0 Å². The molecule has 2 aromatic rings. The number of carbonyl (C=O) groups is 1. The van der Waals surface area contributed by atoms with Crippen molar-refractivity contribution >= 4 is 22.0 Å². The van der Waals surface area contributed by atoms with E-state index in [-0.39, 0.29) is 12.1 Å². The Balaban J connectivity index is 1.65. The van der Waals surface area contributed by atoms with Crippen molar-refractivity contribution in [3.8, 4) is 11.3 Å². The van der Waals surface area contributed by atoms with Gasteiger partial charge in [-0.05, 0) is 61.7 Å². The monoisotopic (exact) mass is 406 g/mol. The molecule has 1 amide bonds. The Labute approximate surface area is 156 Å². The highest BCUT2D eigenvalue weighted by atomic mass is 79.9. The SMILES string of the molecule is CC(C)(C)OC(=O)N1CCC(n2cc(Br)c(-c3ccncc3)n2)CC1. The van der Waals surface area contributed by atoms with Crippen LogP contribution in [0.5, 0.6) is 0 Å². The first-order valence-corrected chi connectivity index (χ1v) is 9.26. The van der Waals surface area contributed by atoms with Crippen LogP contribution in [0.1, 0.15) is 39.7 Å². The fraction of sp³-hybridized carbons (Fsp3) is 0.500. The van der Waals surface area contributed by atoms with Crippen LogP contribution in [-0.4, -0.2) is 44.4 Å². The van der Waals surface area contributed by atoms with E-state index in [0.717, 1.165) is 28.6 Å². The van der Waals surface area contributed by atoms with Gasteiger partial charge < -0.3 is 9.64 Å². The van der Waals surface area contributed by atoms with Crippen molar-refractivity contribution in [1.29, 1.82) is 0 Å². The van der Waals surface area contributed by atoms with Gasteiger partial charge in [-0.1, -0.05) is 0 Å². The lowest BCUT2D eigenvalue weighted by atomic mass is 10.1. The highest BCUT2D eigenvalue weighted by molar-refractivity contribution is 9.10. The van der Waals surface area contributed by atoms with Crippen molar-refractivity contribution < 1.29 is 9.53 Å². The lowest BCUT2D eigenvalue weighted by Gasteiger charge is -2.33. The first kappa shape index (κ1) is 17.9. The molecule has 3 heterocycles. The van der Waals surface area contributed by atoms with Gasteiger partial charge in [-0.25, -0.2) is 4.79 Å². The lowest BCUT2D eigenvalue weighted by Crippen LogP contribution is -2.42. The van der Waals surface area contributed by atoms with Gasteiger partial charge in [0.05, 0.1) is 10.5 Å². The molecule has 0 unspecified atom stereocenters. The second kappa shape index (κ2) is 7.15. The number of nitrogens with zero attached hydrogens (tertiary/aromatic N) is 4. The van der Waals surface area contributed by atoms with Crippen molar-refractivity contribution in [2.45, 2.75) is 45.3 Å². The van der Waals surface area contributed by atoms with E-state index >= 15 is 0 Å². The van der Waals surface area contributed by atoms with E-state index in [1.165, 1.54) is 0 Å². The van der Waals surface area contributed by atoms with Gasteiger partial charge >= 0.3 is 6.09 Å². The summed E-state index contributed by atoms with van der Waals surface area (Å²) >= 11 is 3.60. The van der Waals surface area contributed by atoms with Gasteiger partial charge in [0.1, 0.15) is 11.3 Å². The van der Waals surface area contributed by atoms with E-state index in [4.69, 9.17) is 9.84 Å². The van der Waals surface area contributed by atoms with Crippen LogP contribution in [0.15, 0.2) is 35.2 Å². The Hall–Kier alpha value is -1.89. The third-order valence-corrected chi connectivity index (χ3v) is 4.71. The summed E-state index contributed by atoms with van der Waals surface area (Å²) in [4.78, 5) is 18.0. The predicted molar refractivity (Wildman–Crippen MR) is 99.2 cm³/mol. The number of pyridine rings is 1. The van der Waals surface area contributed by atoms with Crippen molar-refractivity contribution in [2.75, 3.05) is 13.1 Å². The number of hydrogen-bond acceptors (Lipinski definition) is 4. The molecule has 0 aliphatic carbocycles. The fourth-order valence-electron chi connectivity index (χ4n) is 2.90. The standard InChI is InChI=1S/C18H23BrN4O2/c1-18(2,3)25-17(24)22-10-6-14(7-11-22)23-12-15(19)16(21-23)13-4-8-20-9-5-13/h4-5,8-9,12,14H,6-7,10-11H2,1-3H3. The maximum atomic E-state index is 12.2. The smallest absolute Gasteiger partial charge is 0.410 e. The third kappa shape index (κ3) is 4.39. The Morgan fingerprint density at radius 2 is 1.88 bits per heavy atom. The number of hydrogen-bond donors (Lipinski definition) is 0. The summed E-state index contributed by atoms with van der Waals surface area (Å²) < 4.78 is 8.42. The van der Waals surface area contributed by atoms with Crippen molar-refractivity contribution in [3.05, 3.63) is 35.2 Å². The van der Waals surface area contributed by atoms with Gasteiger partial charge in [0, 0.05) is 37.2 Å². The Kier molecular flexibility index (Phi) is 5.13. The largest absolute Gasteiger partial charge is 0.444 e. The summed E-state index contributed by atoms with van der Waals surface area (Å²) in [6.45, 7) is 7.03. The lowest BCUT2D eigenvalue weighted by molar-refractivity contribution is 0.0185. The molecule has 2 aromatic heterocycles. The first-order chi connectivity index (χ1) is 11.8. The molecule has 134 valence electrons. The maximum absolute atomic E-state index is 12.2. The normalized spacial score (nSPS) is 16.1. The number of aromatic nitrogens is 3. The molecule has 0 bridgehead atoms. The van der Waals surface area contributed by atoms with E-state index in [2.05, 4.69) is 20.9 Å². The number of likely N-dealkylation sites (tertiary alicyclic amines) is 1. The minimum atomic E-state index is -0.458. The molecule has 0 N–H and O–H groups in total. The highest BCUT2D eigenvalue weighted by Gasteiger charge is 2.28. The molecule has 0 spiro atoms. The number of piperidine rings is 1. The predicted octanol–water partition coefficient (Wildman–Crippen LogP) is 4.28. The molecule has 0 saturated carbocycles. The number of ether oxygens (including phenoxy) is 1. The molecule has 1 aliphatic heterocycles. The van der Waals surface area contributed by atoms with Crippen molar-refractivity contribution in [2.24, 2.45) is 0 Å². The second-order valence-electron chi connectivity index (χ2n) is 7.24. The van der Waals surface area contributed by atoms with E-state index in [9.17, 15) is 4.79 Å². The molecule has 0 radical (unpaired) electrons. The summed E-state index contributed by atoms with van der Waals surface area (Å²) in [6.07, 6.45) is 7.04. The summed E-state index contributed by atoms with van der Waals surface area (Å²) in [5, 5.41) is 4.74. The third-order valence-electron chi connectivity index (χ3n) is 4.13. The average molecular weight is 407 g/mol. The molecule has 3 rings (SSSR count). The Morgan fingerprint density at radius 1 is 1.24 bits per heavy atom. The van der Waals surface area contributed by atoms with Crippen molar-refractivity contribution in [3.63, 3.8) is 0 Å². The van der Waals surface area contributed by atoms with Crippen LogP contribution >= 0.6 is 15.9 Å². The topological polar surface area (TPSA) is 60.2 Å². The summed E-state index contributed by atoms with van der Waals surface area (Å²) in [7, 11) is 0. The molecule has 25 heavy (non-hydrogen) atoms. The fourth-order valence-corrected chi connectivity index (χ4v) is 3.42. The average Bonchev–Trinajstić information content (AvgIpc) is 2.96. The minimum absolute atomic E-state index is 0.231. The zero-order valence-corrected chi connectivity index (χ0v) is 16.4. The van der Waals surface area contributed by atoms with Gasteiger partial charge in [-0.15, -0.1) is 0 Å². The Morgan fingerprint density at radius 3 is 2.48 bits per heavy atom. The molecule has 6 nitrogen and oxygen atoms in total. The van der Waals surface area contributed by atoms with E-state index in [1.54, 1.807) is 17.3 Å². The number of amides is 1. The van der Waals surface area contributed by atoms with Crippen LogP contribution in [0.25, 0.3) is 11.3 Å².